The van der Waals surface area contributed by atoms with Crippen molar-refractivity contribution in [2.75, 3.05) is 5.32 Å². The zero-order chi connectivity index (χ0) is 18.9. The lowest BCUT2D eigenvalue weighted by molar-refractivity contribution is 0.146. The Balaban J connectivity index is 2.26. The third kappa shape index (κ3) is 5.20. The van der Waals surface area contributed by atoms with E-state index in [0.717, 1.165) is 36.4 Å². The number of aliphatic hydroxyl groups is 1. The molecule has 0 fully saturated rings. The first-order chi connectivity index (χ1) is 12.6. The van der Waals surface area contributed by atoms with Crippen LogP contribution in [0.15, 0.2) is 83.1 Å². The second-order valence-electron chi connectivity index (χ2n) is 6.46. The van der Waals surface area contributed by atoms with Gasteiger partial charge in [-0.15, -0.1) is 6.58 Å². The molecule has 1 aromatic carbocycles. The standard InChI is InChI=1S/C22H28N2O2/c1-4-11-16(3)22(26)17(5-2)23-18-12-9-10-13-19(18)24-20-14-7-6-8-15-21(20)25/h4-8,10,13-16,22-23,26H,1,9,11-12H2,2-3H3,(H,24,25)/b17-5+/t16-,22?/m1/s1. The molecule has 0 spiro atoms. The molecule has 1 unspecified atom stereocenters. The zero-order valence-electron chi connectivity index (χ0n) is 15.5. The number of anilines is 1. The summed E-state index contributed by atoms with van der Waals surface area (Å²) in [6, 6.07) is 8.70. The minimum absolute atomic E-state index is 0.0632. The average molecular weight is 352 g/mol. The van der Waals surface area contributed by atoms with Crippen LogP contribution in [0.3, 0.4) is 0 Å². The Labute approximate surface area is 155 Å². The van der Waals surface area contributed by atoms with Gasteiger partial charge in [-0.3, -0.25) is 4.79 Å². The first-order valence-electron chi connectivity index (χ1n) is 9.05. The summed E-state index contributed by atoms with van der Waals surface area (Å²) < 4.78 is 0. The number of aliphatic hydroxyl groups excluding tert-OH is 1. The van der Waals surface area contributed by atoms with E-state index in [1.165, 1.54) is 0 Å². The topological polar surface area (TPSA) is 61.4 Å². The lowest BCUT2D eigenvalue weighted by atomic mass is 9.97. The third-order valence-corrected chi connectivity index (χ3v) is 4.44. The van der Waals surface area contributed by atoms with Crippen LogP contribution >= 0.6 is 0 Å². The fourth-order valence-corrected chi connectivity index (χ4v) is 2.88. The summed E-state index contributed by atoms with van der Waals surface area (Å²) in [6.07, 6.45) is 9.64. The summed E-state index contributed by atoms with van der Waals surface area (Å²) in [4.78, 5) is 12.2. The second-order valence-corrected chi connectivity index (χ2v) is 6.46. The minimum atomic E-state index is -0.595. The van der Waals surface area contributed by atoms with Crippen LogP contribution in [0.4, 0.5) is 5.69 Å². The molecule has 1 aromatic rings. The largest absolute Gasteiger partial charge is 0.387 e. The first-order valence-corrected chi connectivity index (χ1v) is 9.05. The Hall–Kier alpha value is -2.59. The van der Waals surface area contributed by atoms with E-state index in [0.29, 0.717) is 5.69 Å². The lowest BCUT2D eigenvalue weighted by Gasteiger charge is -2.25. The van der Waals surface area contributed by atoms with Gasteiger partial charge in [-0.05, 0) is 50.3 Å². The van der Waals surface area contributed by atoms with E-state index in [1.807, 2.05) is 44.2 Å². The van der Waals surface area contributed by atoms with Gasteiger partial charge in [-0.25, -0.2) is 0 Å². The maximum Gasteiger partial charge on any atom is 0.201 e. The average Bonchev–Trinajstić information content (AvgIpc) is 2.85. The van der Waals surface area contributed by atoms with Gasteiger partial charge in [-0.2, -0.15) is 0 Å². The Kier molecular flexibility index (Phi) is 7.42. The van der Waals surface area contributed by atoms with Gasteiger partial charge >= 0.3 is 0 Å². The van der Waals surface area contributed by atoms with Gasteiger partial charge in [0.2, 0.25) is 5.43 Å². The quantitative estimate of drug-likeness (QED) is 0.617. The summed E-state index contributed by atoms with van der Waals surface area (Å²) in [5.41, 5.74) is 3.05. The molecule has 0 radical (unpaired) electrons. The van der Waals surface area contributed by atoms with Crippen LogP contribution in [-0.2, 0) is 0 Å². The highest BCUT2D eigenvalue weighted by molar-refractivity contribution is 5.52. The number of hydrogen-bond donors (Lipinski definition) is 3. The van der Waals surface area contributed by atoms with Gasteiger partial charge in [0, 0.05) is 11.4 Å². The second kappa shape index (κ2) is 9.78. The van der Waals surface area contributed by atoms with Gasteiger partial charge in [-0.1, -0.05) is 43.4 Å². The summed E-state index contributed by atoms with van der Waals surface area (Å²) in [5, 5.41) is 17.2. The van der Waals surface area contributed by atoms with Crippen LogP contribution in [0.1, 0.15) is 33.1 Å². The highest BCUT2D eigenvalue weighted by atomic mass is 16.3. The molecule has 0 aromatic heterocycles. The molecule has 0 amide bonds. The Morgan fingerprint density at radius 2 is 2.12 bits per heavy atom. The van der Waals surface area contributed by atoms with Crippen LogP contribution in [0.25, 0.3) is 0 Å². The normalized spacial score (nSPS) is 16.8. The van der Waals surface area contributed by atoms with E-state index in [-0.39, 0.29) is 11.3 Å². The van der Waals surface area contributed by atoms with Gasteiger partial charge in [0.15, 0.2) is 0 Å². The smallest absolute Gasteiger partial charge is 0.201 e. The van der Waals surface area contributed by atoms with Gasteiger partial charge in [0.1, 0.15) is 0 Å². The molecule has 0 saturated heterocycles. The van der Waals surface area contributed by atoms with Crippen molar-refractivity contribution in [3.8, 4) is 0 Å². The maximum absolute atomic E-state index is 12.2. The minimum Gasteiger partial charge on any atom is -0.387 e. The van der Waals surface area contributed by atoms with Crippen molar-refractivity contribution in [1.82, 2.24) is 5.32 Å². The third-order valence-electron chi connectivity index (χ3n) is 4.44. The molecule has 2 atom stereocenters. The molecule has 0 bridgehead atoms. The van der Waals surface area contributed by atoms with Gasteiger partial charge in [0.25, 0.3) is 0 Å². The van der Waals surface area contributed by atoms with E-state index in [4.69, 9.17) is 0 Å². The van der Waals surface area contributed by atoms with Crippen LogP contribution in [0, 0.1) is 5.92 Å². The van der Waals surface area contributed by atoms with Crippen molar-refractivity contribution < 1.29 is 5.11 Å². The van der Waals surface area contributed by atoms with E-state index in [1.54, 1.807) is 18.2 Å². The number of rotatable bonds is 8. The fourth-order valence-electron chi connectivity index (χ4n) is 2.88. The Morgan fingerprint density at radius 3 is 2.85 bits per heavy atom. The maximum atomic E-state index is 12.2. The Morgan fingerprint density at radius 1 is 1.35 bits per heavy atom. The predicted molar refractivity (Wildman–Crippen MR) is 109 cm³/mol. The molecule has 4 nitrogen and oxygen atoms in total. The number of allylic oxidation sites excluding steroid dienone is 5. The molecule has 26 heavy (non-hydrogen) atoms. The van der Waals surface area contributed by atoms with Crippen molar-refractivity contribution in [1.29, 1.82) is 0 Å². The number of hydrogen-bond acceptors (Lipinski definition) is 4. The summed E-state index contributed by atoms with van der Waals surface area (Å²) in [5.74, 6) is 0.0729. The van der Waals surface area contributed by atoms with Gasteiger partial charge < -0.3 is 15.7 Å². The molecule has 0 heterocycles. The molecule has 0 saturated carbocycles. The highest BCUT2D eigenvalue weighted by Crippen LogP contribution is 2.22. The predicted octanol–water partition coefficient (Wildman–Crippen LogP) is 4.09. The lowest BCUT2D eigenvalue weighted by Crippen LogP contribution is -2.30. The number of nitrogens with one attached hydrogen (secondary N) is 2. The molecule has 2 rings (SSSR count). The molecule has 3 N–H and O–H groups in total. The van der Waals surface area contributed by atoms with E-state index >= 15 is 0 Å². The monoisotopic (exact) mass is 352 g/mol. The van der Waals surface area contributed by atoms with Crippen molar-refractivity contribution in [3.05, 3.63) is 88.5 Å². The van der Waals surface area contributed by atoms with Crippen LogP contribution in [0.5, 0.6) is 0 Å². The molecule has 1 aliphatic carbocycles. The van der Waals surface area contributed by atoms with Crippen LogP contribution < -0.4 is 16.1 Å². The molecule has 1 aliphatic rings. The molecule has 4 heteroatoms. The zero-order valence-corrected chi connectivity index (χ0v) is 15.5. The van der Waals surface area contributed by atoms with E-state index in [9.17, 15) is 9.90 Å². The van der Waals surface area contributed by atoms with Crippen molar-refractivity contribution >= 4 is 5.69 Å². The SMILES string of the molecule is C=CC[C@@H](C)C(O)/C(=C\C)NC1=C(Nc2cccccc2=O)C=CCC1. The summed E-state index contributed by atoms with van der Waals surface area (Å²) in [7, 11) is 0. The molecular formula is C22H28N2O2. The molecular weight excluding hydrogens is 324 g/mol. The fraction of sp³-hybridized carbons (Fsp3) is 0.318. The first kappa shape index (κ1) is 19.7. The van der Waals surface area contributed by atoms with Crippen LogP contribution in [-0.4, -0.2) is 11.2 Å². The molecule has 138 valence electrons. The van der Waals surface area contributed by atoms with Gasteiger partial charge in [0.05, 0.1) is 17.5 Å². The summed E-state index contributed by atoms with van der Waals surface area (Å²) in [6.45, 7) is 7.65. The Bertz CT molecular complexity index is 778. The summed E-state index contributed by atoms with van der Waals surface area (Å²) >= 11 is 0. The van der Waals surface area contributed by atoms with Crippen molar-refractivity contribution in [2.24, 2.45) is 5.92 Å². The molecule has 0 aliphatic heterocycles. The van der Waals surface area contributed by atoms with Crippen LogP contribution in [0.2, 0.25) is 0 Å². The van der Waals surface area contributed by atoms with Crippen molar-refractivity contribution in [3.63, 3.8) is 0 Å². The van der Waals surface area contributed by atoms with E-state index < -0.39 is 6.10 Å². The van der Waals surface area contributed by atoms with E-state index in [2.05, 4.69) is 23.3 Å². The van der Waals surface area contributed by atoms with Crippen molar-refractivity contribution in [2.45, 2.75) is 39.2 Å². The highest BCUT2D eigenvalue weighted by Gasteiger charge is 2.19.